The Morgan fingerprint density at radius 2 is 2.00 bits per heavy atom. The normalized spacial score (nSPS) is 12.6. The molecule has 19 heavy (non-hydrogen) atoms. The van der Waals surface area contributed by atoms with Gasteiger partial charge in [0.05, 0.1) is 5.69 Å². The molecule has 1 aromatic heterocycles. The van der Waals surface area contributed by atoms with Crippen LogP contribution in [-0.2, 0) is 19.9 Å². The summed E-state index contributed by atoms with van der Waals surface area (Å²) in [6.45, 7) is 4.20. The van der Waals surface area contributed by atoms with Crippen LogP contribution in [0.3, 0.4) is 0 Å². The lowest BCUT2D eigenvalue weighted by molar-refractivity contribution is 0.557. The lowest BCUT2D eigenvalue weighted by Gasteiger charge is -2.14. The highest BCUT2D eigenvalue weighted by Gasteiger charge is 2.12. The maximum atomic E-state index is 4.42. The first-order valence-corrected chi connectivity index (χ1v) is 7.81. The smallest absolute Gasteiger partial charge is 0.0596 e. The van der Waals surface area contributed by atoms with Crippen molar-refractivity contribution >= 4 is 15.9 Å². The Hall–Kier alpha value is -1.09. The quantitative estimate of drug-likeness (QED) is 0.765. The van der Waals surface area contributed by atoms with Gasteiger partial charge in [0.1, 0.15) is 0 Å². The van der Waals surface area contributed by atoms with Gasteiger partial charge in [0, 0.05) is 18.1 Å². The molecule has 0 saturated heterocycles. The molecule has 0 N–H and O–H groups in total. The molecule has 0 bridgehead atoms. The largest absolute Gasteiger partial charge is 0.272 e. The number of alkyl halides is 1. The molecule has 2 rings (SSSR count). The minimum Gasteiger partial charge on any atom is -0.272 e. The van der Waals surface area contributed by atoms with Gasteiger partial charge < -0.3 is 0 Å². The molecule has 0 aliphatic carbocycles. The van der Waals surface area contributed by atoms with E-state index in [1.165, 1.54) is 16.8 Å². The van der Waals surface area contributed by atoms with Crippen LogP contribution < -0.4 is 0 Å². The van der Waals surface area contributed by atoms with Crippen molar-refractivity contribution in [2.24, 2.45) is 13.0 Å². The topological polar surface area (TPSA) is 17.8 Å². The van der Waals surface area contributed by atoms with Crippen molar-refractivity contribution in [1.29, 1.82) is 0 Å². The van der Waals surface area contributed by atoms with Crippen LogP contribution >= 0.6 is 15.9 Å². The zero-order chi connectivity index (χ0) is 13.8. The summed E-state index contributed by atoms with van der Waals surface area (Å²) < 4.78 is 2.00. The Morgan fingerprint density at radius 1 is 1.21 bits per heavy atom. The highest BCUT2D eigenvalue weighted by Crippen LogP contribution is 2.18. The molecule has 0 aliphatic rings. The van der Waals surface area contributed by atoms with E-state index in [0.29, 0.717) is 5.92 Å². The first-order chi connectivity index (χ1) is 9.08. The Morgan fingerprint density at radius 3 is 2.58 bits per heavy atom. The Bertz CT molecular complexity index is 545. The SMILES string of the molecule is Cc1cccc(CC(CBr)Cc2cc(C)nn2C)c1. The second-order valence-corrected chi connectivity index (χ2v) is 5.97. The molecule has 0 amide bonds. The van der Waals surface area contributed by atoms with Crippen molar-refractivity contribution in [3.63, 3.8) is 0 Å². The Labute approximate surface area is 124 Å². The Balaban J connectivity index is 2.06. The van der Waals surface area contributed by atoms with Crippen LogP contribution in [0.15, 0.2) is 30.3 Å². The van der Waals surface area contributed by atoms with Gasteiger partial charge in [-0.15, -0.1) is 0 Å². The van der Waals surface area contributed by atoms with Crippen LogP contribution in [0.2, 0.25) is 0 Å². The van der Waals surface area contributed by atoms with Gasteiger partial charge >= 0.3 is 0 Å². The number of hydrogen-bond donors (Lipinski definition) is 0. The number of hydrogen-bond acceptors (Lipinski definition) is 1. The van der Waals surface area contributed by atoms with Crippen molar-refractivity contribution in [3.05, 3.63) is 52.8 Å². The number of aromatic nitrogens is 2. The molecule has 102 valence electrons. The summed E-state index contributed by atoms with van der Waals surface area (Å²) in [5, 5.41) is 5.44. The summed E-state index contributed by atoms with van der Waals surface area (Å²) in [7, 11) is 2.03. The van der Waals surface area contributed by atoms with Gasteiger partial charge in [0.25, 0.3) is 0 Å². The third-order valence-corrected chi connectivity index (χ3v) is 4.34. The molecular weight excluding hydrogens is 300 g/mol. The highest BCUT2D eigenvalue weighted by atomic mass is 79.9. The number of aryl methyl sites for hydroxylation is 3. The first kappa shape index (κ1) is 14.3. The lowest BCUT2D eigenvalue weighted by Crippen LogP contribution is -2.12. The predicted octanol–water partition coefficient (Wildman–Crippen LogP) is 3.83. The third kappa shape index (κ3) is 3.93. The molecule has 0 aliphatic heterocycles. The summed E-state index contributed by atoms with van der Waals surface area (Å²) in [5.41, 5.74) is 5.17. The lowest BCUT2D eigenvalue weighted by atomic mass is 9.95. The van der Waals surface area contributed by atoms with Gasteiger partial charge in [-0.3, -0.25) is 4.68 Å². The van der Waals surface area contributed by atoms with Gasteiger partial charge in [-0.2, -0.15) is 5.10 Å². The van der Waals surface area contributed by atoms with E-state index in [1.807, 2.05) is 18.7 Å². The summed E-state index contributed by atoms with van der Waals surface area (Å²) in [4.78, 5) is 0. The molecule has 3 heteroatoms. The molecule has 0 fully saturated rings. The molecule has 2 nitrogen and oxygen atoms in total. The second kappa shape index (κ2) is 6.38. The van der Waals surface area contributed by atoms with E-state index in [9.17, 15) is 0 Å². The van der Waals surface area contributed by atoms with Gasteiger partial charge in [-0.25, -0.2) is 0 Å². The third-order valence-electron chi connectivity index (χ3n) is 3.42. The minimum absolute atomic E-state index is 0.608. The fourth-order valence-electron chi connectivity index (χ4n) is 2.50. The number of rotatable bonds is 5. The number of benzene rings is 1. The molecule has 1 heterocycles. The van der Waals surface area contributed by atoms with E-state index in [1.54, 1.807) is 0 Å². The maximum Gasteiger partial charge on any atom is 0.0596 e. The van der Waals surface area contributed by atoms with Crippen LogP contribution in [0.4, 0.5) is 0 Å². The van der Waals surface area contributed by atoms with Gasteiger partial charge in [0.15, 0.2) is 0 Å². The van der Waals surface area contributed by atoms with Crippen molar-refractivity contribution in [2.75, 3.05) is 5.33 Å². The van der Waals surface area contributed by atoms with Crippen molar-refractivity contribution in [3.8, 4) is 0 Å². The minimum atomic E-state index is 0.608. The fraction of sp³-hybridized carbons (Fsp3) is 0.438. The van der Waals surface area contributed by atoms with Gasteiger partial charge in [-0.05, 0) is 44.2 Å². The Kier molecular flexibility index (Phi) is 4.81. The van der Waals surface area contributed by atoms with E-state index in [2.05, 4.69) is 58.3 Å². The zero-order valence-corrected chi connectivity index (χ0v) is 13.4. The molecular formula is C16H21BrN2. The first-order valence-electron chi connectivity index (χ1n) is 6.69. The summed E-state index contributed by atoms with van der Waals surface area (Å²) >= 11 is 3.65. The predicted molar refractivity (Wildman–Crippen MR) is 83.8 cm³/mol. The van der Waals surface area contributed by atoms with Crippen molar-refractivity contribution in [1.82, 2.24) is 9.78 Å². The van der Waals surface area contributed by atoms with Crippen LogP contribution in [-0.4, -0.2) is 15.1 Å². The standard InChI is InChI=1S/C16H21BrN2/c1-12-5-4-6-14(7-12)9-15(11-17)10-16-8-13(2)18-19(16)3/h4-8,15H,9-11H2,1-3H3. The molecule has 1 atom stereocenters. The molecule has 0 saturated carbocycles. The zero-order valence-electron chi connectivity index (χ0n) is 11.9. The highest BCUT2D eigenvalue weighted by molar-refractivity contribution is 9.09. The second-order valence-electron chi connectivity index (χ2n) is 5.32. The van der Waals surface area contributed by atoms with Crippen molar-refractivity contribution < 1.29 is 0 Å². The number of nitrogens with zero attached hydrogens (tertiary/aromatic N) is 2. The van der Waals surface area contributed by atoms with Gasteiger partial charge in [-0.1, -0.05) is 45.8 Å². The summed E-state index contributed by atoms with van der Waals surface area (Å²) in [5.74, 6) is 0.608. The van der Waals surface area contributed by atoms with E-state index in [-0.39, 0.29) is 0 Å². The fourth-order valence-corrected chi connectivity index (χ4v) is 2.96. The monoisotopic (exact) mass is 320 g/mol. The maximum absolute atomic E-state index is 4.42. The number of halogens is 1. The van der Waals surface area contributed by atoms with E-state index in [4.69, 9.17) is 0 Å². The average Bonchev–Trinajstić information content (AvgIpc) is 2.67. The van der Waals surface area contributed by atoms with Crippen LogP contribution in [0.25, 0.3) is 0 Å². The van der Waals surface area contributed by atoms with E-state index < -0.39 is 0 Å². The summed E-state index contributed by atoms with van der Waals surface area (Å²) in [6, 6.07) is 11.0. The molecule has 2 aromatic rings. The molecule has 1 unspecified atom stereocenters. The van der Waals surface area contributed by atoms with Crippen molar-refractivity contribution in [2.45, 2.75) is 26.7 Å². The summed E-state index contributed by atoms with van der Waals surface area (Å²) in [6.07, 6.45) is 2.17. The molecule has 0 spiro atoms. The van der Waals surface area contributed by atoms with Gasteiger partial charge in [0.2, 0.25) is 0 Å². The van der Waals surface area contributed by atoms with Crippen LogP contribution in [0.5, 0.6) is 0 Å². The molecule has 1 aromatic carbocycles. The van der Waals surface area contributed by atoms with E-state index >= 15 is 0 Å². The molecule has 0 radical (unpaired) electrons. The van der Waals surface area contributed by atoms with Crippen LogP contribution in [0.1, 0.15) is 22.5 Å². The van der Waals surface area contributed by atoms with Crippen LogP contribution in [0, 0.1) is 19.8 Å². The van der Waals surface area contributed by atoms with E-state index in [0.717, 1.165) is 23.9 Å². The average molecular weight is 321 g/mol.